The van der Waals surface area contributed by atoms with Gasteiger partial charge in [0.25, 0.3) is 0 Å². The summed E-state index contributed by atoms with van der Waals surface area (Å²) in [5.41, 5.74) is 2.64. The number of hydrogen-bond donors (Lipinski definition) is 3. The smallest absolute Gasteiger partial charge is 0.127 e. The van der Waals surface area contributed by atoms with Gasteiger partial charge in [0.05, 0.1) is 0 Å². The maximum atomic E-state index is 11.4. The van der Waals surface area contributed by atoms with Crippen LogP contribution in [0.4, 0.5) is 0 Å². The van der Waals surface area contributed by atoms with Crippen LogP contribution < -0.4 is 0 Å². The molecule has 0 saturated heterocycles. The van der Waals surface area contributed by atoms with Gasteiger partial charge >= 0.3 is 0 Å². The first-order valence-electron chi connectivity index (χ1n) is 10.8. The van der Waals surface area contributed by atoms with Crippen molar-refractivity contribution in [1.29, 1.82) is 0 Å². The van der Waals surface area contributed by atoms with Crippen molar-refractivity contribution < 1.29 is 15.3 Å². The second-order valence-corrected chi connectivity index (χ2v) is 7.47. The third kappa shape index (κ3) is 3.74. The molecule has 160 valence electrons. The van der Waals surface area contributed by atoms with Crippen LogP contribution in [0.15, 0.2) is 91.0 Å². The van der Waals surface area contributed by atoms with E-state index in [-0.39, 0.29) is 17.2 Å². The lowest BCUT2D eigenvalue weighted by Gasteiger charge is -2.17. The molecule has 0 bridgehead atoms. The van der Waals surface area contributed by atoms with Crippen LogP contribution in [-0.4, -0.2) is 15.3 Å². The predicted molar refractivity (Wildman–Crippen MR) is 132 cm³/mol. The van der Waals surface area contributed by atoms with E-state index in [1.165, 1.54) is 0 Å². The molecule has 3 N–H and O–H groups in total. The third-order valence-electron chi connectivity index (χ3n) is 5.63. The van der Waals surface area contributed by atoms with E-state index in [1.54, 1.807) is 18.2 Å². The fraction of sp³-hybridized carbons (Fsp3) is 0.103. The summed E-state index contributed by atoms with van der Waals surface area (Å²) in [5, 5.41) is 36.1. The molecule has 0 unspecified atom stereocenters. The Balaban J connectivity index is 0.00000119. The molecular weight excluding hydrogens is 396 g/mol. The summed E-state index contributed by atoms with van der Waals surface area (Å²) in [7, 11) is 0. The predicted octanol–water partition coefficient (Wildman–Crippen LogP) is 7.39. The van der Waals surface area contributed by atoms with E-state index >= 15 is 0 Å². The van der Waals surface area contributed by atoms with Crippen LogP contribution in [0, 0.1) is 0 Å². The van der Waals surface area contributed by atoms with Crippen molar-refractivity contribution in [3.63, 3.8) is 0 Å². The number of aromatic hydroxyl groups is 3. The monoisotopic (exact) mass is 422 g/mol. The van der Waals surface area contributed by atoms with Crippen molar-refractivity contribution in [2.45, 2.75) is 20.3 Å². The first kappa shape index (κ1) is 21.3. The topological polar surface area (TPSA) is 60.7 Å². The van der Waals surface area contributed by atoms with Crippen LogP contribution in [-0.2, 0) is 6.42 Å². The van der Waals surface area contributed by atoms with Crippen LogP contribution >= 0.6 is 0 Å². The fourth-order valence-corrected chi connectivity index (χ4v) is 4.17. The lowest BCUT2D eigenvalue weighted by Crippen LogP contribution is -1.94. The van der Waals surface area contributed by atoms with Crippen molar-refractivity contribution >= 4 is 21.5 Å². The van der Waals surface area contributed by atoms with Gasteiger partial charge < -0.3 is 15.3 Å². The molecule has 0 aliphatic carbocycles. The van der Waals surface area contributed by atoms with Gasteiger partial charge in [-0.3, -0.25) is 0 Å². The van der Waals surface area contributed by atoms with E-state index in [0.717, 1.165) is 27.1 Å². The maximum Gasteiger partial charge on any atom is 0.127 e. The summed E-state index contributed by atoms with van der Waals surface area (Å²) in [4.78, 5) is 0. The SMILES string of the molecule is CC.Oc1ccccc1Cc1cc2ccccc2c(-c2c(O)ccc3ccccc23)c1O. The zero-order valence-electron chi connectivity index (χ0n) is 18.2. The number of benzene rings is 5. The quantitative estimate of drug-likeness (QED) is 0.284. The number of hydrogen-bond acceptors (Lipinski definition) is 3. The van der Waals surface area contributed by atoms with Gasteiger partial charge in [0.2, 0.25) is 0 Å². The molecule has 3 heteroatoms. The van der Waals surface area contributed by atoms with E-state index in [2.05, 4.69) is 0 Å². The number of phenols is 3. The Kier molecular flexibility index (Phi) is 6.00. The summed E-state index contributed by atoms with van der Waals surface area (Å²) < 4.78 is 0. The molecule has 0 saturated carbocycles. The van der Waals surface area contributed by atoms with Crippen molar-refractivity contribution in [2.24, 2.45) is 0 Å². The molecule has 0 radical (unpaired) electrons. The Bertz CT molecular complexity index is 1400. The van der Waals surface area contributed by atoms with Crippen LogP contribution in [0.5, 0.6) is 17.2 Å². The molecule has 0 aliphatic heterocycles. The van der Waals surface area contributed by atoms with Gasteiger partial charge in [-0.25, -0.2) is 0 Å². The summed E-state index contributed by atoms with van der Waals surface area (Å²) >= 11 is 0. The second kappa shape index (κ2) is 9.03. The minimum atomic E-state index is 0.114. The molecule has 5 aromatic carbocycles. The molecule has 0 aromatic heterocycles. The number of para-hydroxylation sites is 1. The molecule has 5 aromatic rings. The lowest BCUT2D eigenvalue weighted by atomic mass is 9.89. The molecule has 32 heavy (non-hydrogen) atoms. The normalized spacial score (nSPS) is 10.7. The molecule has 5 rings (SSSR count). The van der Waals surface area contributed by atoms with Crippen LogP contribution in [0.25, 0.3) is 32.7 Å². The Morgan fingerprint density at radius 1 is 0.531 bits per heavy atom. The van der Waals surface area contributed by atoms with Crippen molar-refractivity contribution in [2.75, 3.05) is 0 Å². The molecule has 0 atom stereocenters. The Morgan fingerprint density at radius 2 is 1.12 bits per heavy atom. The zero-order valence-corrected chi connectivity index (χ0v) is 18.2. The highest BCUT2D eigenvalue weighted by Crippen LogP contribution is 2.46. The van der Waals surface area contributed by atoms with Crippen molar-refractivity contribution in [1.82, 2.24) is 0 Å². The van der Waals surface area contributed by atoms with Crippen molar-refractivity contribution in [3.05, 3.63) is 102 Å². The second-order valence-electron chi connectivity index (χ2n) is 7.47. The summed E-state index contributed by atoms with van der Waals surface area (Å²) in [6.07, 6.45) is 0.377. The van der Waals surface area contributed by atoms with E-state index in [9.17, 15) is 15.3 Å². The minimum absolute atomic E-state index is 0.114. The highest BCUT2D eigenvalue weighted by atomic mass is 16.3. The molecule has 0 fully saturated rings. The van der Waals surface area contributed by atoms with Gasteiger partial charge in [-0.2, -0.15) is 0 Å². The summed E-state index contributed by atoms with van der Waals surface area (Å²) in [6, 6.07) is 28.3. The average molecular weight is 423 g/mol. The molecule has 0 heterocycles. The number of phenolic OH excluding ortho intramolecular Hbond substituents is 3. The number of fused-ring (bicyclic) bond motifs is 2. The van der Waals surface area contributed by atoms with Gasteiger partial charge in [0.15, 0.2) is 0 Å². The molecule has 0 amide bonds. The zero-order chi connectivity index (χ0) is 22.7. The summed E-state index contributed by atoms with van der Waals surface area (Å²) in [5.74, 6) is 0.428. The maximum absolute atomic E-state index is 11.4. The fourth-order valence-electron chi connectivity index (χ4n) is 4.17. The van der Waals surface area contributed by atoms with Gasteiger partial charge in [-0.1, -0.05) is 86.6 Å². The standard InChI is InChI=1S/C27H20O3.C2H6/c28-23-12-6-3-9-19(23)16-20-15-18-8-2-5-11-22(18)26(27(20)30)25-21-10-4-1-7-17(21)13-14-24(25)29;1-2/h1-15,28-30H,16H2;1-2H3. The van der Waals surface area contributed by atoms with Crippen LogP contribution in [0.2, 0.25) is 0 Å². The van der Waals surface area contributed by atoms with Gasteiger partial charge in [-0.15, -0.1) is 0 Å². The van der Waals surface area contributed by atoms with Crippen LogP contribution in [0.1, 0.15) is 25.0 Å². The first-order valence-corrected chi connectivity index (χ1v) is 10.8. The first-order chi connectivity index (χ1) is 15.6. The van der Waals surface area contributed by atoms with Gasteiger partial charge in [0.1, 0.15) is 17.2 Å². The van der Waals surface area contributed by atoms with E-state index in [4.69, 9.17) is 0 Å². The van der Waals surface area contributed by atoms with E-state index in [1.807, 2.05) is 86.6 Å². The largest absolute Gasteiger partial charge is 0.508 e. The van der Waals surface area contributed by atoms with E-state index in [0.29, 0.717) is 23.1 Å². The third-order valence-corrected chi connectivity index (χ3v) is 5.63. The van der Waals surface area contributed by atoms with Crippen molar-refractivity contribution in [3.8, 4) is 28.4 Å². The minimum Gasteiger partial charge on any atom is -0.508 e. The molecule has 0 spiro atoms. The highest BCUT2D eigenvalue weighted by Gasteiger charge is 2.20. The number of rotatable bonds is 3. The Morgan fingerprint density at radius 3 is 1.84 bits per heavy atom. The molecule has 3 nitrogen and oxygen atoms in total. The highest BCUT2D eigenvalue weighted by molar-refractivity contribution is 6.10. The Hall–Kier alpha value is -3.98. The Labute approximate surface area is 187 Å². The van der Waals surface area contributed by atoms with Gasteiger partial charge in [0, 0.05) is 17.5 Å². The average Bonchev–Trinajstić information content (AvgIpc) is 2.83. The van der Waals surface area contributed by atoms with Crippen LogP contribution in [0.3, 0.4) is 0 Å². The van der Waals surface area contributed by atoms with E-state index < -0.39 is 0 Å². The van der Waals surface area contributed by atoms with Gasteiger partial charge in [-0.05, 0) is 50.9 Å². The molecule has 0 aliphatic rings. The lowest BCUT2D eigenvalue weighted by molar-refractivity contribution is 0.462. The molecular formula is C29H26O3. The summed E-state index contributed by atoms with van der Waals surface area (Å²) in [6.45, 7) is 4.00.